The Labute approximate surface area is 118 Å². The van der Waals surface area contributed by atoms with Crippen LogP contribution in [0.1, 0.15) is 12.1 Å². The van der Waals surface area contributed by atoms with Gasteiger partial charge in [0.05, 0.1) is 23.7 Å². The molecule has 6 heteroatoms. The number of aryl methyl sites for hydroxylation is 1. The lowest BCUT2D eigenvalue weighted by Gasteiger charge is -2.04. The van der Waals surface area contributed by atoms with E-state index in [1.54, 1.807) is 7.11 Å². The molecule has 19 heavy (non-hydrogen) atoms. The van der Waals surface area contributed by atoms with Gasteiger partial charge < -0.3 is 9.84 Å². The highest BCUT2D eigenvalue weighted by Gasteiger charge is 2.08. The van der Waals surface area contributed by atoms with Crippen molar-refractivity contribution in [1.82, 2.24) is 10.2 Å². The van der Waals surface area contributed by atoms with Gasteiger partial charge in [-0.2, -0.15) is 5.10 Å². The van der Waals surface area contributed by atoms with Gasteiger partial charge in [0, 0.05) is 11.3 Å². The number of H-pyrrole nitrogens is 1. The number of aromatic amines is 1. The van der Waals surface area contributed by atoms with Crippen LogP contribution in [0.25, 0.3) is 11.3 Å². The number of methoxy groups -OCH3 is 1. The summed E-state index contributed by atoms with van der Waals surface area (Å²) < 4.78 is 6.02. The Morgan fingerprint density at radius 1 is 1.47 bits per heavy atom. The predicted molar refractivity (Wildman–Crippen MR) is 74.2 cm³/mol. The Morgan fingerprint density at radius 2 is 2.26 bits per heavy atom. The molecular weight excluding hydrogens is 312 g/mol. The molecule has 0 saturated carbocycles. The van der Waals surface area contributed by atoms with E-state index in [1.807, 2.05) is 24.3 Å². The molecule has 0 aliphatic rings. The molecular formula is C13H13BrN2O3. The van der Waals surface area contributed by atoms with E-state index in [9.17, 15) is 4.79 Å². The second kappa shape index (κ2) is 5.88. The molecule has 0 fully saturated rings. The van der Waals surface area contributed by atoms with Crippen LogP contribution in [0.2, 0.25) is 0 Å². The third-order valence-corrected chi connectivity index (χ3v) is 3.31. The Morgan fingerprint density at radius 3 is 2.89 bits per heavy atom. The van der Waals surface area contributed by atoms with Gasteiger partial charge in [-0.05, 0) is 46.6 Å². The van der Waals surface area contributed by atoms with E-state index < -0.39 is 5.97 Å². The van der Waals surface area contributed by atoms with Crippen molar-refractivity contribution in [2.24, 2.45) is 0 Å². The van der Waals surface area contributed by atoms with E-state index in [-0.39, 0.29) is 6.42 Å². The van der Waals surface area contributed by atoms with E-state index in [2.05, 4.69) is 26.1 Å². The lowest BCUT2D eigenvalue weighted by atomic mass is 10.1. The maximum Gasteiger partial charge on any atom is 0.303 e. The molecule has 0 spiro atoms. The smallest absolute Gasteiger partial charge is 0.303 e. The zero-order valence-corrected chi connectivity index (χ0v) is 11.9. The lowest BCUT2D eigenvalue weighted by Crippen LogP contribution is -1.97. The second-order valence-corrected chi connectivity index (χ2v) is 4.88. The average Bonchev–Trinajstić information content (AvgIpc) is 2.85. The minimum atomic E-state index is -0.816. The number of carboxylic acid groups (broad SMARTS) is 1. The maximum absolute atomic E-state index is 10.5. The molecule has 0 atom stereocenters. The summed E-state index contributed by atoms with van der Waals surface area (Å²) in [5.41, 5.74) is 2.53. The molecule has 0 aliphatic heterocycles. The van der Waals surface area contributed by atoms with Gasteiger partial charge >= 0.3 is 5.97 Å². The number of hydrogen-bond donors (Lipinski definition) is 2. The van der Waals surface area contributed by atoms with Crippen LogP contribution in [0.4, 0.5) is 0 Å². The van der Waals surface area contributed by atoms with E-state index in [0.29, 0.717) is 6.42 Å². The normalized spacial score (nSPS) is 10.4. The first-order valence-electron chi connectivity index (χ1n) is 5.70. The van der Waals surface area contributed by atoms with Gasteiger partial charge in [-0.25, -0.2) is 0 Å². The summed E-state index contributed by atoms with van der Waals surface area (Å²) in [6, 6.07) is 7.53. The molecule has 2 rings (SSSR count). The number of nitrogens with one attached hydrogen (secondary N) is 1. The summed E-state index contributed by atoms with van der Waals surface area (Å²) in [6.45, 7) is 0. The van der Waals surface area contributed by atoms with E-state index in [1.165, 1.54) is 0 Å². The van der Waals surface area contributed by atoms with E-state index >= 15 is 0 Å². The van der Waals surface area contributed by atoms with Crippen molar-refractivity contribution in [1.29, 1.82) is 0 Å². The second-order valence-electron chi connectivity index (χ2n) is 4.02. The van der Waals surface area contributed by atoms with Crippen LogP contribution >= 0.6 is 15.9 Å². The SMILES string of the molecule is COc1ccc(-c2cc(CCC(=O)O)[nH]n2)cc1Br. The van der Waals surface area contributed by atoms with Crippen LogP contribution < -0.4 is 4.74 Å². The van der Waals surface area contributed by atoms with Gasteiger partial charge in [0.2, 0.25) is 0 Å². The molecule has 0 bridgehead atoms. The average molecular weight is 325 g/mol. The molecule has 1 aromatic heterocycles. The van der Waals surface area contributed by atoms with Crippen molar-refractivity contribution in [2.75, 3.05) is 7.11 Å². The minimum Gasteiger partial charge on any atom is -0.496 e. The first-order chi connectivity index (χ1) is 9.10. The van der Waals surface area contributed by atoms with E-state index in [0.717, 1.165) is 27.2 Å². The highest BCUT2D eigenvalue weighted by molar-refractivity contribution is 9.10. The number of aliphatic carboxylic acids is 1. The summed E-state index contributed by atoms with van der Waals surface area (Å²) >= 11 is 3.42. The molecule has 1 heterocycles. The Balaban J connectivity index is 2.18. The third kappa shape index (κ3) is 3.35. The van der Waals surface area contributed by atoms with Crippen LogP contribution in [0.5, 0.6) is 5.75 Å². The lowest BCUT2D eigenvalue weighted by molar-refractivity contribution is -0.136. The zero-order valence-electron chi connectivity index (χ0n) is 10.3. The van der Waals surface area contributed by atoms with Gasteiger partial charge in [-0.1, -0.05) is 0 Å². The first kappa shape index (κ1) is 13.6. The Hall–Kier alpha value is -1.82. The topological polar surface area (TPSA) is 75.2 Å². The van der Waals surface area contributed by atoms with E-state index in [4.69, 9.17) is 9.84 Å². The number of carboxylic acids is 1. The number of ether oxygens (including phenoxy) is 1. The third-order valence-electron chi connectivity index (χ3n) is 2.69. The number of hydrogen-bond acceptors (Lipinski definition) is 3. The fourth-order valence-corrected chi connectivity index (χ4v) is 2.25. The molecule has 2 N–H and O–H groups in total. The summed E-state index contributed by atoms with van der Waals surface area (Å²) in [5.74, 6) is -0.0614. The zero-order chi connectivity index (χ0) is 13.8. The van der Waals surface area contributed by atoms with Gasteiger partial charge in [0.1, 0.15) is 5.75 Å². The Kier molecular flexibility index (Phi) is 4.21. The molecule has 0 radical (unpaired) electrons. The Bertz CT molecular complexity index is 595. The number of benzene rings is 1. The summed E-state index contributed by atoms with van der Waals surface area (Å²) in [4.78, 5) is 10.5. The van der Waals surface area contributed by atoms with Crippen LogP contribution in [-0.4, -0.2) is 28.4 Å². The molecule has 5 nitrogen and oxygen atoms in total. The van der Waals surface area contributed by atoms with Crippen molar-refractivity contribution >= 4 is 21.9 Å². The van der Waals surface area contributed by atoms with Crippen molar-refractivity contribution in [2.45, 2.75) is 12.8 Å². The maximum atomic E-state index is 10.5. The standard InChI is InChI=1S/C13H13BrN2O3/c1-19-12-4-2-8(6-10(12)14)11-7-9(15-16-11)3-5-13(17)18/h2,4,6-7H,3,5H2,1H3,(H,15,16)(H,17,18). The van der Waals surface area contributed by atoms with Gasteiger partial charge in [-0.15, -0.1) is 0 Å². The van der Waals surface area contributed by atoms with Crippen molar-refractivity contribution in [3.8, 4) is 17.0 Å². The molecule has 2 aromatic rings. The number of nitrogens with zero attached hydrogens (tertiary/aromatic N) is 1. The molecule has 0 unspecified atom stereocenters. The predicted octanol–water partition coefficient (Wildman–Crippen LogP) is 2.87. The fourth-order valence-electron chi connectivity index (χ4n) is 1.70. The van der Waals surface area contributed by atoms with Gasteiger partial charge in [0.15, 0.2) is 0 Å². The number of rotatable bonds is 5. The summed E-state index contributed by atoms with van der Waals surface area (Å²) in [7, 11) is 1.61. The molecule has 0 amide bonds. The van der Waals surface area contributed by atoms with Crippen LogP contribution in [0, 0.1) is 0 Å². The van der Waals surface area contributed by atoms with Crippen LogP contribution in [0.15, 0.2) is 28.7 Å². The highest BCUT2D eigenvalue weighted by atomic mass is 79.9. The molecule has 0 aliphatic carbocycles. The van der Waals surface area contributed by atoms with Crippen LogP contribution in [-0.2, 0) is 11.2 Å². The minimum absolute atomic E-state index is 0.0912. The molecule has 1 aromatic carbocycles. The van der Waals surface area contributed by atoms with Crippen molar-refractivity contribution in [3.05, 3.63) is 34.4 Å². The first-order valence-corrected chi connectivity index (χ1v) is 6.49. The van der Waals surface area contributed by atoms with Crippen molar-refractivity contribution < 1.29 is 14.6 Å². The summed E-state index contributed by atoms with van der Waals surface area (Å²) in [6.07, 6.45) is 0.535. The largest absolute Gasteiger partial charge is 0.496 e. The van der Waals surface area contributed by atoms with Crippen LogP contribution in [0.3, 0.4) is 0 Å². The number of halogens is 1. The van der Waals surface area contributed by atoms with Gasteiger partial charge in [-0.3, -0.25) is 9.89 Å². The quantitative estimate of drug-likeness (QED) is 0.886. The molecule has 100 valence electrons. The van der Waals surface area contributed by atoms with Crippen molar-refractivity contribution in [3.63, 3.8) is 0 Å². The molecule has 0 saturated heterocycles. The summed E-state index contributed by atoms with van der Waals surface area (Å²) in [5, 5.41) is 15.7. The fraction of sp³-hybridized carbons (Fsp3) is 0.231. The number of aromatic nitrogens is 2. The number of carbonyl (C=O) groups is 1. The highest BCUT2D eigenvalue weighted by Crippen LogP contribution is 2.29. The van der Waals surface area contributed by atoms with Gasteiger partial charge in [0.25, 0.3) is 0 Å². The monoisotopic (exact) mass is 324 g/mol.